The summed E-state index contributed by atoms with van der Waals surface area (Å²) in [6.45, 7) is 0.812. The molecule has 1 aliphatic heterocycles. The molecular formula is C24H28N6O3S. The lowest BCUT2D eigenvalue weighted by Gasteiger charge is -2.36. The van der Waals surface area contributed by atoms with Crippen LogP contribution in [0.4, 0.5) is 5.69 Å². The molecule has 0 unspecified atom stereocenters. The van der Waals surface area contributed by atoms with Crippen LogP contribution in [0, 0.1) is 16.7 Å². The molecule has 1 saturated heterocycles. The smallest absolute Gasteiger partial charge is 0.291 e. The van der Waals surface area contributed by atoms with E-state index < -0.39 is 16.1 Å². The van der Waals surface area contributed by atoms with Crippen molar-refractivity contribution in [2.45, 2.75) is 38.0 Å². The van der Waals surface area contributed by atoms with E-state index in [0.717, 1.165) is 30.4 Å². The van der Waals surface area contributed by atoms with Crippen molar-refractivity contribution in [1.82, 2.24) is 18.6 Å². The third-order valence-corrected chi connectivity index (χ3v) is 9.30. The van der Waals surface area contributed by atoms with Crippen LogP contribution in [0.2, 0.25) is 0 Å². The summed E-state index contributed by atoms with van der Waals surface area (Å²) in [4.78, 5) is 19.6. The predicted octanol–water partition coefficient (Wildman–Crippen LogP) is 3.09. The Labute approximate surface area is 199 Å². The van der Waals surface area contributed by atoms with Crippen molar-refractivity contribution in [3.8, 4) is 6.07 Å². The number of imidazole rings is 1. The molecule has 2 heterocycles. The highest BCUT2D eigenvalue weighted by molar-refractivity contribution is 7.86. The molecule has 3 aliphatic rings. The summed E-state index contributed by atoms with van der Waals surface area (Å²) in [6, 6.07) is 7.86. The van der Waals surface area contributed by atoms with Crippen molar-refractivity contribution in [3.63, 3.8) is 0 Å². The summed E-state index contributed by atoms with van der Waals surface area (Å²) < 4.78 is 27.5. The van der Waals surface area contributed by atoms with Gasteiger partial charge >= 0.3 is 0 Å². The van der Waals surface area contributed by atoms with Gasteiger partial charge in [-0.05, 0) is 60.8 Å². The zero-order valence-corrected chi connectivity index (χ0v) is 20.2. The second-order valence-electron chi connectivity index (χ2n) is 9.70. The van der Waals surface area contributed by atoms with Crippen LogP contribution in [0.3, 0.4) is 0 Å². The van der Waals surface area contributed by atoms with Gasteiger partial charge in [-0.3, -0.25) is 4.79 Å². The number of nitriles is 1. The van der Waals surface area contributed by atoms with E-state index in [1.807, 2.05) is 18.2 Å². The van der Waals surface area contributed by atoms with Crippen LogP contribution in [0.1, 0.15) is 65.5 Å². The molecule has 9 nitrogen and oxygen atoms in total. The number of amides is 1. The number of hydrogen-bond donors (Lipinski definition) is 2. The number of rotatable bonds is 4. The monoisotopic (exact) mass is 480 g/mol. The maximum Gasteiger partial charge on any atom is 0.291 e. The number of allylic oxidation sites excluding steroid dienone is 2. The van der Waals surface area contributed by atoms with Gasteiger partial charge in [0.15, 0.2) is 11.5 Å². The van der Waals surface area contributed by atoms with Gasteiger partial charge in [-0.2, -0.15) is 22.3 Å². The molecular weight excluding hydrogens is 452 g/mol. The van der Waals surface area contributed by atoms with Gasteiger partial charge in [-0.15, -0.1) is 0 Å². The summed E-state index contributed by atoms with van der Waals surface area (Å²) in [5.41, 5.74) is 4.54. The average Bonchev–Trinajstić information content (AvgIpc) is 3.39. The van der Waals surface area contributed by atoms with Gasteiger partial charge in [-0.25, -0.2) is 4.98 Å². The molecule has 2 aromatic rings. The van der Waals surface area contributed by atoms with E-state index in [9.17, 15) is 13.2 Å². The molecule has 1 amide bonds. The Morgan fingerprint density at radius 3 is 2.56 bits per heavy atom. The van der Waals surface area contributed by atoms with Crippen LogP contribution in [0.25, 0.3) is 5.57 Å². The minimum absolute atomic E-state index is 0.0178. The van der Waals surface area contributed by atoms with Crippen LogP contribution in [-0.4, -0.2) is 60.1 Å². The Balaban J connectivity index is 1.47. The number of carbonyl (C=O) groups is 1. The van der Waals surface area contributed by atoms with Crippen molar-refractivity contribution in [3.05, 3.63) is 53.1 Å². The molecule has 1 spiro atoms. The number of nitrogens with one attached hydrogen (secondary N) is 2. The van der Waals surface area contributed by atoms with E-state index in [1.165, 1.54) is 33.2 Å². The molecule has 178 valence electrons. The van der Waals surface area contributed by atoms with Gasteiger partial charge in [0, 0.05) is 50.6 Å². The normalized spacial score (nSPS) is 22.2. The first-order valence-corrected chi connectivity index (χ1v) is 12.9. The van der Waals surface area contributed by atoms with Crippen LogP contribution >= 0.6 is 0 Å². The summed E-state index contributed by atoms with van der Waals surface area (Å²) in [6.07, 6.45) is 9.43. The van der Waals surface area contributed by atoms with Gasteiger partial charge in [0.05, 0.1) is 0 Å². The molecule has 0 radical (unpaired) electrons. The number of nitrogens with zero attached hydrogens (tertiary/aromatic N) is 4. The van der Waals surface area contributed by atoms with E-state index in [1.54, 1.807) is 14.1 Å². The van der Waals surface area contributed by atoms with Gasteiger partial charge < -0.3 is 10.3 Å². The SMILES string of the molecule is CN1CC(c2ccc(NC(=O)c3nc(C#N)c[nH]3)c(C3=CCC4(CC3)CC4)c2)CN(C)S1(=O)=O. The van der Waals surface area contributed by atoms with Gasteiger partial charge in [0.1, 0.15) is 6.07 Å². The maximum absolute atomic E-state index is 12.8. The van der Waals surface area contributed by atoms with Crippen molar-refractivity contribution in [2.24, 2.45) is 5.41 Å². The molecule has 34 heavy (non-hydrogen) atoms. The lowest BCUT2D eigenvalue weighted by atomic mass is 9.83. The van der Waals surface area contributed by atoms with E-state index in [2.05, 4.69) is 27.4 Å². The number of aromatic amines is 1. The lowest BCUT2D eigenvalue weighted by Crippen LogP contribution is -2.49. The number of anilines is 1. The van der Waals surface area contributed by atoms with E-state index in [4.69, 9.17) is 5.26 Å². The maximum atomic E-state index is 12.8. The molecule has 1 saturated carbocycles. The quantitative estimate of drug-likeness (QED) is 0.696. The van der Waals surface area contributed by atoms with Crippen molar-refractivity contribution >= 4 is 27.4 Å². The van der Waals surface area contributed by atoms with E-state index >= 15 is 0 Å². The van der Waals surface area contributed by atoms with Crippen LogP contribution in [-0.2, 0) is 10.2 Å². The number of likely N-dealkylation sites (N-methyl/N-ethyl adjacent to an activating group) is 2. The zero-order chi connectivity index (χ0) is 24.1. The third kappa shape index (κ3) is 4.15. The van der Waals surface area contributed by atoms with Gasteiger partial charge in [0.25, 0.3) is 16.1 Å². The minimum atomic E-state index is -3.41. The molecule has 0 atom stereocenters. The Morgan fingerprint density at radius 2 is 1.97 bits per heavy atom. The highest BCUT2D eigenvalue weighted by atomic mass is 32.2. The van der Waals surface area contributed by atoms with Gasteiger partial charge in [-0.1, -0.05) is 12.1 Å². The minimum Gasteiger partial charge on any atom is -0.339 e. The van der Waals surface area contributed by atoms with Gasteiger partial charge in [0.2, 0.25) is 0 Å². The second kappa shape index (κ2) is 8.34. The molecule has 10 heteroatoms. The fourth-order valence-electron chi connectivity index (χ4n) is 5.00. The standard InChI is InChI=1S/C24H28N6O3S/c1-29-14-18(15-30(2)34(29,32)33)17-3-4-21(28-23(31)22-26-13-19(12-25)27-22)20(11-17)16-5-7-24(8-6-16)9-10-24/h3-5,11,13,18H,6-10,14-15H2,1-2H3,(H,26,27)(H,28,31). The third-order valence-electron chi connectivity index (χ3n) is 7.42. The number of hydrogen-bond acceptors (Lipinski definition) is 5. The topological polar surface area (TPSA) is 122 Å². The van der Waals surface area contributed by atoms with Crippen molar-refractivity contribution in [1.29, 1.82) is 5.26 Å². The number of carbonyl (C=O) groups excluding carboxylic acids is 1. The van der Waals surface area contributed by atoms with Crippen LogP contribution < -0.4 is 5.32 Å². The fourth-order valence-corrected chi connectivity index (χ4v) is 6.21. The largest absolute Gasteiger partial charge is 0.339 e. The summed E-state index contributed by atoms with van der Waals surface area (Å²) in [7, 11) is -0.203. The molecule has 0 bridgehead atoms. The lowest BCUT2D eigenvalue weighted by molar-refractivity contribution is 0.101. The van der Waals surface area contributed by atoms with E-state index in [-0.39, 0.29) is 17.4 Å². The number of benzene rings is 1. The zero-order valence-electron chi connectivity index (χ0n) is 19.3. The van der Waals surface area contributed by atoms with Crippen molar-refractivity contribution in [2.75, 3.05) is 32.5 Å². The Hall–Kier alpha value is -3.00. The van der Waals surface area contributed by atoms with Crippen LogP contribution in [0.5, 0.6) is 0 Å². The molecule has 2 fully saturated rings. The molecule has 2 aliphatic carbocycles. The number of aromatic nitrogens is 2. The predicted molar refractivity (Wildman–Crippen MR) is 128 cm³/mol. The molecule has 1 aromatic carbocycles. The first kappa shape index (κ1) is 22.8. The fraction of sp³-hybridized carbons (Fsp3) is 0.458. The molecule has 1 aromatic heterocycles. The number of H-pyrrole nitrogens is 1. The summed E-state index contributed by atoms with van der Waals surface area (Å²) >= 11 is 0. The van der Waals surface area contributed by atoms with Crippen molar-refractivity contribution < 1.29 is 13.2 Å². The Kier molecular flexibility index (Phi) is 5.59. The van der Waals surface area contributed by atoms with Crippen LogP contribution in [0.15, 0.2) is 30.5 Å². The Morgan fingerprint density at radius 1 is 1.24 bits per heavy atom. The first-order valence-electron chi connectivity index (χ1n) is 11.5. The highest BCUT2D eigenvalue weighted by Crippen LogP contribution is 2.56. The average molecular weight is 481 g/mol. The molecule has 5 rings (SSSR count). The summed E-state index contributed by atoms with van der Waals surface area (Å²) in [5, 5.41) is 12.0. The Bertz CT molecular complexity index is 1300. The highest BCUT2D eigenvalue weighted by Gasteiger charge is 2.43. The van der Waals surface area contributed by atoms with E-state index in [0.29, 0.717) is 24.2 Å². The summed E-state index contributed by atoms with van der Waals surface area (Å²) in [5.74, 6) is -0.306. The molecule has 2 N–H and O–H groups in total. The first-order chi connectivity index (χ1) is 16.2. The second-order valence-corrected chi connectivity index (χ2v) is 11.8.